The van der Waals surface area contributed by atoms with Gasteiger partial charge in [0.2, 0.25) is 5.91 Å². The Morgan fingerprint density at radius 3 is 2.78 bits per heavy atom. The number of carbonyl (C=O) groups excluding carboxylic acids is 1. The molecule has 1 unspecified atom stereocenters. The number of aryl methyl sites for hydroxylation is 2. The van der Waals surface area contributed by atoms with Crippen molar-refractivity contribution >= 4 is 5.91 Å². The lowest BCUT2D eigenvalue weighted by Gasteiger charge is -2.48. The third-order valence-corrected chi connectivity index (χ3v) is 7.11. The van der Waals surface area contributed by atoms with Crippen LogP contribution in [0, 0.1) is 12.8 Å². The topological polar surface area (TPSA) is 56.8 Å². The van der Waals surface area contributed by atoms with E-state index in [1.807, 2.05) is 18.2 Å². The zero-order valence-electron chi connectivity index (χ0n) is 19.1. The molecular weight excluding hydrogens is 402 g/mol. The first-order chi connectivity index (χ1) is 15.5. The predicted octanol–water partition coefficient (Wildman–Crippen LogP) is 5.29. The molecular formula is C27H33NO4. The van der Waals surface area contributed by atoms with Gasteiger partial charge in [0.1, 0.15) is 11.4 Å². The lowest BCUT2D eigenvalue weighted by molar-refractivity contribution is -0.123. The number of hydrogen-bond donors (Lipinski definition) is 1. The monoisotopic (exact) mass is 435 g/mol. The molecule has 0 bridgehead atoms. The van der Waals surface area contributed by atoms with Gasteiger partial charge >= 0.3 is 0 Å². The molecule has 0 saturated heterocycles. The summed E-state index contributed by atoms with van der Waals surface area (Å²) in [4.78, 5) is 13.0. The fourth-order valence-corrected chi connectivity index (χ4v) is 4.88. The van der Waals surface area contributed by atoms with Gasteiger partial charge in [-0.3, -0.25) is 4.79 Å². The molecule has 2 aromatic carbocycles. The van der Waals surface area contributed by atoms with Crippen molar-refractivity contribution in [3.63, 3.8) is 0 Å². The van der Waals surface area contributed by atoms with Gasteiger partial charge < -0.3 is 19.5 Å². The Labute approximate surface area is 190 Å². The summed E-state index contributed by atoms with van der Waals surface area (Å²) in [6.45, 7) is 2.80. The van der Waals surface area contributed by atoms with Crippen LogP contribution in [-0.2, 0) is 11.2 Å². The van der Waals surface area contributed by atoms with Crippen molar-refractivity contribution in [2.75, 3.05) is 13.7 Å². The van der Waals surface area contributed by atoms with Gasteiger partial charge in [0.25, 0.3) is 0 Å². The number of ether oxygens (including phenoxy) is 3. The minimum atomic E-state index is -0.100. The molecule has 3 aliphatic rings. The molecule has 0 aromatic heterocycles. The predicted molar refractivity (Wildman–Crippen MR) is 123 cm³/mol. The van der Waals surface area contributed by atoms with Gasteiger partial charge in [0, 0.05) is 18.4 Å². The van der Waals surface area contributed by atoms with E-state index in [-0.39, 0.29) is 17.6 Å². The fourth-order valence-electron chi connectivity index (χ4n) is 4.88. The summed E-state index contributed by atoms with van der Waals surface area (Å²) in [5.41, 5.74) is 3.21. The molecule has 0 radical (unpaired) electrons. The van der Waals surface area contributed by atoms with Crippen LogP contribution >= 0.6 is 0 Å². The zero-order valence-corrected chi connectivity index (χ0v) is 19.1. The first-order valence-corrected chi connectivity index (χ1v) is 11.9. The number of para-hydroxylation sites is 1. The van der Waals surface area contributed by atoms with Crippen LogP contribution in [0.1, 0.15) is 67.7 Å². The second-order valence-corrected chi connectivity index (χ2v) is 9.71. The maximum Gasteiger partial charge on any atom is 0.220 e. The van der Waals surface area contributed by atoms with E-state index in [0.717, 1.165) is 54.2 Å². The van der Waals surface area contributed by atoms with Crippen LogP contribution in [-0.4, -0.2) is 25.2 Å². The largest absolute Gasteiger partial charge is 0.493 e. The molecule has 5 rings (SSSR count). The van der Waals surface area contributed by atoms with Gasteiger partial charge in [0.05, 0.1) is 19.8 Å². The van der Waals surface area contributed by atoms with Crippen LogP contribution in [0.4, 0.5) is 0 Å². The van der Waals surface area contributed by atoms with E-state index in [2.05, 4.69) is 30.4 Å². The molecule has 1 heterocycles. The molecule has 170 valence electrons. The third kappa shape index (κ3) is 4.43. The number of carbonyl (C=O) groups is 1. The Hall–Kier alpha value is -2.69. The number of nitrogens with one attached hydrogen (secondary N) is 1. The molecule has 1 amide bonds. The molecule has 2 aliphatic carbocycles. The second kappa shape index (κ2) is 8.68. The van der Waals surface area contributed by atoms with Crippen molar-refractivity contribution in [3.8, 4) is 17.2 Å². The molecule has 5 heteroatoms. The number of fused-ring (bicyclic) bond motifs is 1. The number of rotatable bonds is 8. The maximum absolute atomic E-state index is 13.0. The maximum atomic E-state index is 13.0. The van der Waals surface area contributed by atoms with Crippen molar-refractivity contribution in [3.05, 3.63) is 53.1 Å². The van der Waals surface area contributed by atoms with Crippen LogP contribution in [0.15, 0.2) is 36.4 Å². The first kappa shape index (κ1) is 21.2. The number of methoxy groups -OCH3 is 1. The van der Waals surface area contributed by atoms with Gasteiger partial charge in [-0.2, -0.15) is 0 Å². The van der Waals surface area contributed by atoms with Crippen LogP contribution < -0.4 is 19.5 Å². The van der Waals surface area contributed by atoms with Crippen LogP contribution in [0.2, 0.25) is 0 Å². The van der Waals surface area contributed by atoms with Gasteiger partial charge in [-0.15, -0.1) is 0 Å². The molecule has 1 N–H and O–H groups in total. The summed E-state index contributed by atoms with van der Waals surface area (Å²) < 4.78 is 18.0. The highest BCUT2D eigenvalue weighted by Crippen LogP contribution is 2.49. The highest BCUT2D eigenvalue weighted by molar-refractivity contribution is 5.77. The van der Waals surface area contributed by atoms with E-state index >= 15 is 0 Å². The Morgan fingerprint density at radius 1 is 1.22 bits per heavy atom. The molecule has 2 aromatic rings. The van der Waals surface area contributed by atoms with Crippen molar-refractivity contribution in [2.24, 2.45) is 5.92 Å². The summed E-state index contributed by atoms with van der Waals surface area (Å²) in [6.07, 6.45) is 7.69. The second-order valence-electron chi connectivity index (χ2n) is 9.71. The van der Waals surface area contributed by atoms with E-state index in [0.29, 0.717) is 18.8 Å². The minimum Gasteiger partial charge on any atom is -0.493 e. The van der Waals surface area contributed by atoms with E-state index in [1.54, 1.807) is 7.11 Å². The molecule has 1 spiro atoms. The van der Waals surface area contributed by atoms with Crippen LogP contribution in [0.25, 0.3) is 0 Å². The Kier molecular flexibility index (Phi) is 5.75. The summed E-state index contributed by atoms with van der Waals surface area (Å²) in [5, 5.41) is 3.31. The molecule has 2 fully saturated rings. The van der Waals surface area contributed by atoms with Gasteiger partial charge in [-0.25, -0.2) is 0 Å². The van der Waals surface area contributed by atoms with Crippen molar-refractivity contribution in [1.82, 2.24) is 5.32 Å². The van der Waals surface area contributed by atoms with Gasteiger partial charge in [-0.1, -0.05) is 29.8 Å². The first-order valence-electron chi connectivity index (χ1n) is 11.9. The smallest absolute Gasteiger partial charge is 0.220 e. The number of amides is 1. The van der Waals surface area contributed by atoms with Gasteiger partial charge in [0.15, 0.2) is 11.5 Å². The van der Waals surface area contributed by atoms with Crippen molar-refractivity contribution < 1.29 is 19.0 Å². The molecule has 2 saturated carbocycles. The highest BCUT2D eigenvalue weighted by Gasteiger charge is 2.45. The average Bonchev–Trinajstić information content (AvgIpc) is 3.60. The normalized spacial score (nSPS) is 20.6. The van der Waals surface area contributed by atoms with E-state index in [4.69, 9.17) is 14.2 Å². The SMILES string of the molecule is COc1cccc(CCC(=O)NC2CC3(CCC3)Oc3ccc(C)cc32)c1OCC1CC1. The molecule has 5 nitrogen and oxygen atoms in total. The lowest BCUT2D eigenvalue weighted by atomic mass is 9.73. The third-order valence-electron chi connectivity index (χ3n) is 7.11. The summed E-state index contributed by atoms with van der Waals surface area (Å²) in [6, 6.07) is 12.2. The van der Waals surface area contributed by atoms with Crippen molar-refractivity contribution in [1.29, 1.82) is 0 Å². The lowest BCUT2D eigenvalue weighted by Crippen LogP contribution is -2.49. The quantitative estimate of drug-likeness (QED) is 0.612. The highest BCUT2D eigenvalue weighted by atomic mass is 16.5. The molecule has 32 heavy (non-hydrogen) atoms. The fraction of sp³-hybridized carbons (Fsp3) is 0.519. The number of benzene rings is 2. The average molecular weight is 436 g/mol. The Morgan fingerprint density at radius 2 is 2.06 bits per heavy atom. The van der Waals surface area contributed by atoms with Crippen molar-refractivity contribution in [2.45, 2.75) is 69.9 Å². The summed E-state index contributed by atoms with van der Waals surface area (Å²) >= 11 is 0. The summed E-state index contributed by atoms with van der Waals surface area (Å²) in [5.74, 6) is 3.18. The Bertz CT molecular complexity index is 993. The standard InChI is InChI=1S/C27H33NO4/c1-18-7-11-23-21(15-18)22(16-27(32-23)13-4-14-27)28-25(29)12-10-20-5-3-6-24(30-2)26(20)31-17-19-8-9-19/h3,5-7,11,15,19,22H,4,8-10,12-14,16-17H2,1-2H3,(H,28,29). The van der Waals surface area contributed by atoms with Crippen LogP contribution in [0.5, 0.6) is 17.2 Å². The zero-order chi connectivity index (χ0) is 22.1. The molecule has 1 atom stereocenters. The van der Waals surface area contributed by atoms with E-state index in [1.165, 1.54) is 24.8 Å². The van der Waals surface area contributed by atoms with E-state index < -0.39 is 0 Å². The Balaban J connectivity index is 1.27. The summed E-state index contributed by atoms with van der Waals surface area (Å²) in [7, 11) is 1.66. The number of hydrogen-bond acceptors (Lipinski definition) is 4. The van der Waals surface area contributed by atoms with E-state index in [9.17, 15) is 4.79 Å². The molecule has 1 aliphatic heterocycles. The minimum absolute atomic E-state index is 0.00217. The van der Waals surface area contributed by atoms with Gasteiger partial charge in [-0.05, 0) is 69.1 Å². The van der Waals surface area contributed by atoms with Crippen LogP contribution in [0.3, 0.4) is 0 Å².